The minimum Gasteiger partial charge on any atom is -0.871 e. The number of hydrogen-bond acceptors (Lipinski definition) is 5. The smallest absolute Gasteiger partial charge is 0.335 e. The van der Waals surface area contributed by atoms with E-state index >= 15 is 0 Å². The van der Waals surface area contributed by atoms with Gasteiger partial charge in [0, 0.05) is 0 Å². The Bertz CT molecular complexity index is 336. The standard InChI is InChI=1S/C7H7NO5/c9-6-2-1-4(7(10)11)3-5(6)8(12)13/h1-3,9,12-13H,(H,10,11)/p-1. The van der Waals surface area contributed by atoms with Gasteiger partial charge in [0.15, 0.2) is 0 Å². The maximum atomic E-state index is 10.9. The summed E-state index contributed by atoms with van der Waals surface area (Å²) in [6, 6.07) is 2.89. The van der Waals surface area contributed by atoms with Crippen LogP contribution in [0.1, 0.15) is 10.4 Å². The average Bonchev–Trinajstić information content (AvgIpc) is 2.04. The second-order valence-electron chi connectivity index (χ2n) is 2.28. The second kappa shape index (κ2) is 3.30. The number of benzene rings is 1. The van der Waals surface area contributed by atoms with E-state index in [9.17, 15) is 9.90 Å². The summed E-state index contributed by atoms with van der Waals surface area (Å²) in [6.07, 6.45) is 0. The predicted molar refractivity (Wildman–Crippen MR) is 38.9 cm³/mol. The molecule has 0 unspecified atom stereocenters. The van der Waals surface area contributed by atoms with Crippen molar-refractivity contribution in [1.82, 2.24) is 0 Å². The molecule has 0 radical (unpaired) electrons. The molecule has 1 aromatic rings. The molecule has 0 bridgehead atoms. The molecular weight excluding hydrogens is 178 g/mol. The summed E-state index contributed by atoms with van der Waals surface area (Å²) in [5.74, 6) is -1.92. The van der Waals surface area contributed by atoms with Gasteiger partial charge in [-0.3, -0.25) is 10.4 Å². The van der Waals surface area contributed by atoms with Crippen molar-refractivity contribution in [2.24, 2.45) is 0 Å². The van der Waals surface area contributed by atoms with Gasteiger partial charge in [-0.1, -0.05) is 11.8 Å². The molecule has 0 spiro atoms. The fraction of sp³-hybridized carbons (Fsp3) is 0. The van der Waals surface area contributed by atoms with E-state index in [1.807, 2.05) is 0 Å². The molecule has 0 atom stereocenters. The van der Waals surface area contributed by atoms with Crippen molar-refractivity contribution < 1.29 is 25.4 Å². The highest BCUT2D eigenvalue weighted by molar-refractivity contribution is 5.89. The maximum absolute atomic E-state index is 10.9. The summed E-state index contributed by atoms with van der Waals surface area (Å²) in [5, 5.41) is 36.0. The Balaban J connectivity index is 3.19. The van der Waals surface area contributed by atoms with Gasteiger partial charge in [0.25, 0.3) is 0 Å². The summed E-state index contributed by atoms with van der Waals surface area (Å²) in [7, 11) is 0. The van der Waals surface area contributed by atoms with Crippen molar-refractivity contribution in [2.45, 2.75) is 0 Å². The summed E-state index contributed by atoms with van der Waals surface area (Å²) >= 11 is 0. The molecule has 1 aromatic carbocycles. The van der Waals surface area contributed by atoms with E-state index in [2.05, 4.69) is 0 Å². The normalized spacial score (nSPS) is 9.69. The van der Waals surface area contributed by atoms with Crippen LogP contribution >= 0.6 is 0 Å². The highest BCUT2D eigenvalue weighted by Crippen LogP contribution is 2.23. The largest absolute Gasteiger partial charge is 0.871 e. The second-order valence-corrected chi connectivity index (χ2v) is 2.28. The lowest BCUT2D eigenvalue weighted by Gasteiger charge is -2.16. The third-order valence-corrected chi connectivity index (χ3v) is 1.42. The molecule has 0 aliphatic carbocycles. The predicted octanol–water partition coefficient (Wildman–Crippen LogP) is 0.0432. The summed E-state index contributed by atoms with van der Waals surface area (Å²) in [4.78, 5) is 10.4. The van der Waals surface area contributed by atoms with E-state index in [-0.39, 0.29) is 5.56 Å². The van der Waals surface area contributed by atoms with Gasteiger partial charge < -0.3 is 10.2 Å². The van der Waals surface area contributed by atoms with E-state index in [1.165, 1.54) is 0 Å². The van der Waals surface area contributed by atoms with Crippen molar-refractivity contribution in [3.8, 4) is 5.75 Å². The first-order chi connectivity index (χ1) is 6.02. The van der Waals surface area contributed by atoms with E-state index < -0.39 is 22.6 Å². The number of nitrogens with zero attached hydrogens (tertiary/aromatic N) is 1. The average molecular weight is 184 g/mol. The molecule has 70 valence electrons. The SMILES string of the molecule is O=C(O)c1ccc([O-])c(N(O)O)c1. The van der Waals surface area contributed by atoms with Crippen LogP contribution < -0.4 is 10.3 Å². The Labute approximate surface area is 72.8 Å². The first-order valence-electron chi connectivity index (χ1n) is 3.24. The molecule has 0 saturated carbocycles. The first kappa shape index (κ1) is 9.30. The topological polar surface area (TPSA) is 104 Å². The maximum Gasteiger partial charge on any atom is 0.335 e. The molecule has 0 aliphatic rings. The summed E-state index contributed by atoms with van der Waals surface area (Å²) in [6.45, 7) is 0. The van der Waals surface area contributed by atoms with Gasteiger partial charge in [0.2, 0.25) is 0 Å². The van der Waals surface area contributed by atoms with Crippen LogP contribution in [0.4, 0.5) is 5.69 Å². The molecule has 3 N–H and O–H groups in total. The molecule has 13 heavy (non-hydrogen) atoms. The molecule has 0 saturated heterocycles. The van der Waals surface area contributed by atoms with Gasteiger partial charge in [0.05, 0.1) is 11.3 Å². The lowest BCUT2D eigenvalue weighted by atomic mass is 10.2. The Morgan fingerprint density at radius 3 is 2.46 bits per heavy atom. The Morgan fingerprint density at radius 1 is 1.38 bits per heavy atom. The summed E-state index contributed by atoms with van der Waals surface area (Å²) in [5.41, 5.74) is -0.692. The van der Waals surface area contributed by atoms with Crippen molar-refractivity contribution in [3.05, 3.63) is 23.8 Å². The third-order valence-electron chi connectivity index (χ3n) is 1.42. The molecular formula is C7H6NO5-. The lowest BCUT2D eigenvalue weighted by Crippen LogP contribution is -2.14. The highest BCUT2D eigenvalue weighted by atomic mass is 16.8. The van der Waals surface area contributed by atoms with Gasteiger partial charge in [0.1, 0.15) is 0 Å². The van der Waals surface area contributed by atoms with Gasteiger partial charge >= 0.3 is 5.97 Å². The first-order valence-corrected chi connectivity index (χ1v) is 3.24. The van der Waals surface area contributed by atoms with Gasteiger partial charge in [-0.15, -0.1) is 5.23 Å². The zero-order chi connectivity index (χ0) is 10.0. The monoisotopic (exact) mass is 184 g/mol. The van der Waals surface area contributed by atoms with Crippen LogP contribution in [0.2, 0.25) is 0 Å². The Hall–Kier alpha value is -1.79. The molecule has 0 heterocycles. The van der Waals surface area contributed by atoms with Crippen LogP contribution in [0.5, 0.6) is 5.75 Å². The fourth-order valence-corrected chi connectivity index (χ4v) is 0.807. The number of carboxylic acid groups (broad SMARTS) is 1. The molecule has 0 aliphatic heterocycles. The van der Waals surface area contributed by atoms with Crippen molar-refractivity contribution in [1.29, 1.82) is 0 Å². The molecule has 0 fully saturated rings. The number of hydrogen-bond donors (Lipinski definition) is 3. The van der Waals surface area contributed by atoms with Gasteiger partial charge in [-0.05, 0) is 12.1 Å². The minimum absolute atomic E-state index is 0.192. The number of aromatic carboxylic acids is 1. The number of carboxylic acids is 1. The van der Waals surface area contributed by atoms with E-state index in [0.717, 1.165) is 18.2 Å². The lowest BCUT2D eigenvalue weighted by molar-refractivity contribution is -0.268. The third kappa shape index (κ3) is 1.86. The molecule has 0 aromatic heterocycles. The van der Waals surface area contributed by atoms with Crippen LogP contribution in [0.15, 0.2) is 18.2 Å². The molecule has 1 rings (SSSR count). The Morgan fingerprint density at radius 2 is 2.00 bits per heavy atom. The fourth-order valence-electron chi connectivity index (χ4n) is 0.807. The van der Waals surface area contributed by atoms with E-state index in [4.69, 9.17) is 15.5 Å². The van der Waals surface area contributed by atoms with E-state index in [0.29, 0.717) is 0 Å². The van der Waals surface area contributed by atoms with Gasteiger partial charge in [-0.2, -0.15) is 0 Å². The van der Waals surface area contributed by atoms with Gasteiger partial charge in [-0.25, -0.2) is 4.79 Å². The molecule has 0 amide bonds. The van der Waals surface area contributed by atoms with Crippen LogP contribution in [-0.2, 0) is 0 Å². The van der Waals surface area contributed by atoms with Crippen LogP contribution in [0.25, 0.3) is 0 Å². The molecule has 6 heteroatoms. The number of rotatable bonds is 2. The van der Waals surface area contributed by atoms with Crippen molar-refractivity contribution in [3.63, 3.8) is 0 Å². The highest BCUT2D eigenvalue weighted by Gasteiger charge is 2.06. The van der Waals surface area contributed by atoms with Crippen molar-refractivity contribution >= 4 is 11.7 Å². The number of carbonyl (C=O) groups is 1. The number of anilines is 1. The zero-order valence-electron chi connectivity index (χ0n) is 6.34. The van der Waals surface area contributed by atoms with E-state index in [1.54, 1.807) is 0 Å². The summed E-state index contributed by atoms with van der Waals surface area (Å²) < 4.78 is 0. The molecule has 6 nitrogen and oxygen atoms in total. The van der Waals surface area contributed by atoms with Crippen molar-refractivity contribution in [2.75, 3.05) is 5.23 Å². The van der Waals surface area contributed by atoms with Crippen LogP contribution in [-0.4, -0.2) is 21.5 Å². The zero-order valence-corrected chi connectivity index (χ0v) is 6.34. The van der Waals surface area contributed by atoms with Crippen LogP contribution in [0.3, 0.4) is 0 Å². The quantitative estimate of drug-likeness (QED) is 0.560. The van der Waals surface area contributed by atoms with Crippen LogP contribution in [0, 0.1) is 0 Å². The Kier molecular flexibility index (Phi) is 2.36. The minimum atomic E-state index is -1.25.